The molecular formula is C13H27NO2. The Hall–Kier alpha value is -0.120. The zero-order valence-electron chi connectivity index (χ0n) is 11.0. The van der Waals surface area contributed by atoms with Gasteiger partial charge in [-0.3, -0.25) is 0 Å². The third-order valence-corrected chi connectivity index (χ3v) is 3.61. The molecule has 1 fully saturated rings. The Labute approximate surface area is 99.6 Å². The molecule has 0 aromatic heterocycles. The molecule has 96 valence electrons. The van der Waals surface area contributed by atoms with Crippen LogP contribution in [-0.4, -0.2) is 37.0 Å². The average molecular weight is 229 g/mol. The summed E-state index contributed by atoms with van der Waals surface area (Å²) in [5.74, 6) is 0.651. The van der Waals surface area contributed by atoms with E-state index in [2.05, 4.69) is 19.2 Å². The van der Waals surface area contributed by atoms with Crippen LogP contribution in [0.4, 0.5) is 0 Å². The average Bonchev–Trinajstić information content (AvgIpc) is 3.10. The molecule has 1 saturated carbocycles. The van der Waals surface area contributed by atoms with Gasteiger partial charge in [0.1, 0.15) is 0 Å². The molecule has 2 atom stereocenters. The quantitative estimate of drug-likeness (QED) is 0.635. The summed E-state index contributed by atoms with van der Waals surface area (Å²) >= 11 is 0. The van der Waals surface area contributed by atoms with E-state index in [9.17, 15) is 5.11 Å². The van der Waals surface area contributed by atoms with Gasteiger partial charge < -0.3 is 15.2 Å². The van der Waals surface area contributed by atoms with Crippen molar-refractivity contribution < 1.29 is 9.84 Å². The smallest absolute Gasteiger partial charge is 0.0616 e. The monoisotopic (exact) mass is 229 g/mol. The maximum absolute atomic E-state index is 9.53. The summed E-state index contributed by atoms with van der Waals surface area (Å²) < 4.78 is 5.25. The van der Waals surface area contributed by atoms with Crippen molar-refractivity contribution in [3.8, 4) is 0 Å². The molecule has 1 aliphatic carbocycles. The number of aliphatic hydroxyl groups excluding tert-OH is 1. The lowest BCUT2D eigenvalue weighted by molar-refractivity contribution is 0.101. The molecule has 16 heavy (non-hydrogen) atoms. The molecule has 3 nitrogen and oxygen atoms in total. The first-order valence-corrected chi connectivity index (χ1v) is 6.53. The summed E-state index contributed by atoms with van der Waals surface area (Å²) in [6.45, 7) is 5.31. The first kappa shape index (κ1) is 13.9. The van der Waals surface area contributed by atoms with Crippen molar-refractivity contribution >= 4 is 0 Å². The fourth-order valence-corrected chi connectivity index (χ4v) is 2.33. The molecule has 2 N–H and O–H groups in total. The second-order valence-corrected chi connectivity index (χ2v) is 5.29. The maximum atomic E-state index is 9.53. The minimum absolute atomic E-state index is 0.100. The molecule has 0 aliphatic heterocycles. The summed E-state index contributed by atoms with van der Waals surface area (Å²) in [7, 11) is 1.74. The molecule has 2 unspecified atom stereocenters. The standard InChI is InChI=1S/C13H27NO2/c1-4-5-6-12(9-16-3)14-13(2,10-15)11-7-8-11/h11-12,14-15H,4-10H2,1-3H3. The van der Waals surface area contributed by atoms with Gasteiger partial charge in [0.15, 0.2) is 0 Å². The maximum Gasteiger partial charge on any atom is 0.0616 e. The topological polar surface area (TPSA) is 41.5 Å². The van der Waals surface area contributed by atoms with Crippen LogP contribution in [-0.2, 0) is 4.74 Å². The lowest BCUT2D eigenvalue weighted by atomic mass is 9.94. The van der Waals surface area contributed by atoms with Crippen LogP contribution < -0.4 is 5.32 Å². The highest BCUT2D eigenvalue weighted by Gasteiger charge is 2.41. The van der Waals surface area contributed by atoms with E-state index < -0.39 is 0 Å². The van der Waals surface area contributed by atoms with E-state index in [1.54, 1.807) is 7.11 Å². The van der Waals surface area contributed by atoms with E-state index in [1.165, 1.54) is 25.7 Å². The highest BCUT2D eigenvalue weighted by Crippen LogP contribution is 2.39. The van der Waals surface area contributed by atoms with Gasteiger partial charge in [-0.15, -0.1) is 0 Å². The van der Waals surface area contributed by atoms with Crippen LogP contribution in [0.5, 0.6) is 0 Å². The fourth-order valence-electron chi connectivity index (χ4n) is 2.33. The highest BCUT2D eigenvalue weighted by molar-refractivity contribution is 4.99. The Morgan fingerprint density at radius 3 is 2.62 bits per heavy atom. The highest BCUT2D eigenvalue weighted by atomic mass is 16.5. The van der Waals surface area contributed by atoms with Crippen molar-refractivity contribution in [2.45, 2.75) is 57.5 Å². The summed E-state index contributed by atoms with van der Waals surface area (Å²) in [4.78, 5) is 0. The molecule has 0 saturated heterocycles. The van der Waals surface area contributed by atoms with Gasteiger partial charge in [-0.05, 0) is 32.1 Å². The fraction of sp³-hybridized carbons (Fsp3) is 1.00. The van der Waals surface area contributed by atoms with E-state index in [0.29, 0.717) is 12.0 Å². The predicted molar refractivity (Wildman–Crippen MR) is 66.5 cm³/mol. The molecule has 0 heterocycles. The van der Waals surface area contributed by atoms with Crippen molar-refractivity contribution in [2.75, 3.05) is 20.3 Å². The van der Waals surface area contributed by atoms with E-state index in [1.807, 2.05) is 0 Å². The molecule has 0 bridgehead atoms. The predicted octanol–water partition coefficient (Wildman–Crippen LogP) is 1.94. The molecule has 1 rings (SSSR count). The van der Waals surface area contributed by atoms with Gasteiger partial charge >= 0.3 is 0 Å². The van der Waals surface area contributed by atoms with Crippen LogP contribution >= 0.6 is 0 Å². The summed E-state index contributed by atoms with van der Waals surface area (Å²) in [5.41, 5.74) is -0.100. The van der Waals surface area contributed by atoms with Crippen LogP contribution in [0.1, 0.15) is 46.0 Å². The third-order valence-electron chi connectivity index (χ3n) is 3.61. The van der Waals surface area contributed by atoms with Crippen molar-refractivity contribution in [3.63, 3.8) is 0 Å². The van der Waals surface area contributed by atoms with Gasteiger partial charge in [-0.2, -0.15) is 0 Å². The first-order valence-electron chi connectivity index (χ1n) is 6.53. The Morgan fingerprint density at radius 1 is 1.50 bits per heavy atom. The number of nitrogens with one attached hydrogen (secondary N) is 1. The Kier molecular flexibility index (Phi) is 5.73. The van der Waals surface area contributed by atoms with E-state index in [-0.39, 0.29) is 12.1 Å². The van der Waals surface area contributed by atoms with Crippen molar-refractivity contribution in [1.29, 1.82) is 0 Å². The zero-order chi connectivity index (χ0) is 12.0. The van der Waals surface area contributed by atoms with Crippen LogP contribution in [0.2, 0.25) is 0 Å². The summed E-state index contributed by atoms with van der Waals surface area (Å²) in [5, 5.41) is 13.1. The summed E-state index contributed by atoms with van der Waals surface area (Å²) in [6, 6.07) is 0.377. The van der Waals surface area contributed by atoms with E-state index in [0.717, 1.165) is 13.0 Å². The van der Waals surface area contributed by atoms with Crippen LogP contribution in [0.15, 0.2) is 0 Å². The Bertz CT molecular complexity index is 194. The largest absolute Gasteiger partial charge is 0.394 e. The number of rotatable bonds is 9. The first-order chi connectivity index (χ1) is 7.66. The molecule has 0 amide bonds. The van der Waals surface area contributed by atoms with Crippen LogP contribution in [0, 0.1) is 5.92 Å². The number of hydrogen-bond acceptors (Lipinski definition) is 3. The van der Waals surface area contributed by atoms with Gasteiger partial charge in [0, 0.05) is 18.7 Å². The van der Waals surface area contributed by atoms with Crippen molar-refractivity contribution in [1.82, 2.24) is 5.32 Å². The van der Waals surface area contributed by atoms with Gasteiger partial charge in [-0.1, -0.05) is 19.8 Å². The van der Waals surface area contributed by atoms with Gasteiger partial charge in [-0.25, -0.2) is 0 Å². The number of unbranched alkanes of at least 4 members (excludes halogenated alkanes) is 1. The SMILES string of the molecule is CCCCC(COC)NC(C)(CO)C1CC1. The second-order valence-electron chi connectivity index (χ2n) is 5.29. The normalized spacial score (nSPS) is 21.8. The molecule has 0 aromatic rings. The molecule has 0 radical (unpaired) electrons. The number of methoxy groups -OCH3 is 1. The Morgan fingerprint density at radius 2 is 2.19 bits per heavy atom. The van der Waals surface area contributed by atoms with Gasteiger partial charge in [0.2, 0.25) is 0 Å². The minimum atomic E-state index is -0.100. The lowest BCUT2D eigenvalue weighted by Gasteiger charge is -2.34. The molecule has 0 aromatic carbocycles. The third kappa shape index (κ3) is 4.04. The van der Waals surface area contributed by atoms with E-state index in [4.69, 9.17) is 4.74 Å². The van der Waals surface area contributed by atoms with E-state index >= 15 is 0 Å². The van der Waals surface area contributed by atoms with Gasteiger partial charge in [0.05, 0.1) is 13.2 Å². The lowest BCUT2D eigenvalue weighted by Crippen LogP contribution is -2.53. The Balaban J connectivity index is 2.43. The summed E-state index contributed by atoms with van der Waals surface area (Å²) in [6.07, 6.45) is 6.05. The number of hydrogen-bond donors (Lipinski definition) is 2. The van der Waals surface area contributed by atoms with Crippen molar-refractivity contribution in [3.05, 3.63) is 0 Å². The molecule has 3 heteroatoms. The molecule has 1 aliphatic rings. The zero-order valence-corrected chi connectivity index (χ0v) is 11.0. The molecular weight excluding hydrogens is 202 g/mol. The van der Waals surface area contributed by atoms with Crippen LogP contribution in [0.25, 0.3) is 0 Å². The second kappa shape index (κ2) is 6.58. The number of ether oxygens (including phenoxy) is 1. The molecule has 0 spiro atoms. The van der Waals surface area contributed by atoms with Crippen molar-refractivity contribution in [2.24, 2.45) is 5.92 Å². The van der Waals surface area contributed by atoms with Crippen LogP contribution in [0.3, 0.4) is 0 Å². The number of aliphatic hydroxyl groups is 1. The van der Waals surface area contributed by atoms with Gasteiger partial charge in [0.25, 0.3) is 0 Å². The minimum Gasteiger partial charge on any atom is -0.394 e.